The molecular weight excluding hydrogens is 386 g/mol. The van der Waals surface area contributed by atoms with Crippen LogP contribution in [-0.4, -0.2) is 44.8 Å². The molecule has 0 heterocycles. The second-order valence-corrected chi connectivity index (χ2v) is 6.86. The Bertz CT molecular complexity index is 847. The van der Waals surface area contributed by atoms with Crippen molar-refractivity contribution in [2.24, 2.45) is 0 Å². The second-order valence-electron chi connectivity index (χ2n) is 6.86. The lowest BCUT2D eigenvalue weighted by Gasteiger charge is -2.18. The standard InChI is InChI=1S/C23H29NO6/c1-6-29-23(26)19(13-16-7-12-20(27-4)21(14-16)28-5)24-22(25)17-8-10-18(11-9-17)30-15(2)3/h7-12,14-15,19H,6,13H2,1-5H3,(H,24,25). The lowest BCUT2D eigenvalue weighted by Crippen LogP contribution is -2.43. The summed E-state index contributed by atoms with van der Waals surface area (Å²) in [7, 11) is 3.09. The maximum absolute atomic E-state index is 12.7. The second kappa shape index (κ2) is 11.1. The van der Waals surface area contributed by atoms with Crippen molar-refractivity contribution in [2.45, 2.75) is 39.3 Å². The Labute approximate surface area is 177 Å². The van der Waals surface area contributed by atoms with Crippen LogP contribution in [0.5, 0.6) is 17.2 Å². The fraction of sp³-hybridized carbons (Fsp3) is 0.391. The van der Waals surface area contributed by atoms with Gasteiger partial charge in [0, 0.05) is 12.0 Å². The van der Waals surface area contributed by atoms with E-state index in [1.165, 1.54) is 0 Å². The zero-order valence-corrected chi connectivity index (χ0v) is 18.1. The number of ether oxygens (including phenoxy) is 4. The molecule has 1 atom stereocenters. The van der Waals surface area contributed by atoms with E-state index in [1.54, 1.807) is 57.5 Å². The van der Waals surface area contributed by atoms with Crippen molar-refractivity contribution in [1.29, 1.82) is 0 Å². The summed E-state index contributed by atoms with van der Waals surface area (Å²) in [6, 6.07) is 11.3. The minimum Gasteiger partial charge on any atom is -0.493 e. The van der Waals surface area contributed by atoms with E-state index < -0.39 is 12.0 Å². The number of benzene rings is 2. The van der Waals surface area contributed by atoms with Crippen LogP contribution in [0, 0.1) is 0 Å². The van der Waals surface area contributed by atoms with Gasteiger partial charge in [-0.1, -0.05) is 6.07 Å². The van der Waals surface area contributed by atoms with Gasteiger partial charge in [0.1, 0.15) is 11.8 Å². The Morgan fingerprint density at radius 2 is 1.63 bits per heavy atom. The molecule has 1 unspecified atom stereocenters. The Kier molecular flexibility index (Phi) is 8.53. The van der Waals surface area contributed by atoms with Crippen LogP contribution < -0.4 is 19.5 Å². The van der Waals surface area contributed by atoms with E-state index in [4.69, 9.17) is 18.9 Å². The van der Waals surface area contributed by atoms with Gasteiger partial charge in [-0.2, -0.15) is 0 Å². The Hall–Kier alpha value is -3.22. The lowest BCUT2D eigenvalue weighted by atomic mass is 10.0. The number of hydrogen-bond donors (Lipinski definition) is 1. The molecule has 0 saturated heterocycles. The molecular formula is C23H29NO6. The van der Waals surface area contributed by atoms with Gasteiger partial charge < -0.3 is 24.3 Å². The third-order valence-corrected chi connectivity index (χ3v) is 4.25. The van der Waals surface area contributed by atoms with Crippen LogP contribution in [0.4, 0.5) is 0 Å². The van der Waals surface area contributed by atoms with Crippen molar-refractivity contribution in [3.63, 3.8) is 0 Å². The first kappa shape index (κ1) is 23.1. The van der Waals surface area contributed by atoms with E-state index in [0.717, 1.165) is 5.56 Å². The van der Waals surface area contributed by atoms with Crippen LogP contribution in [0.15, 0.2) is 42.5 Å². The molecule has 2 aromatic carbocycles. The lowest BCUT2D eigenvalue weighted by molar-refractivity contribution is -0.145. The summed E-state index contributed by atoms with van der Waals surface area (Å²) in [5.74, 6) is 0.935. The van der Waals surface area contributed by atoms with Crippen molar-refractivity contribution < 1.29 is 28.5 Å². The number of methoxy groups -OCH3 is 2. The van der Waals surface area contributed by atoms with Crippen molar-refractivity contribution in [1.82, 2.24) is 5.32 Å². The van der Waals surface area contributed by atoms with E-state index in [1.807, 2.05) is 19.9 Å². The molecule has 0 aliphatic heterocycles. The highest BCUT2D eigenvalue weighted by atomic mass is 16.5. The molecule has 1 amide bonds. The quantitative estimate of drug-likeness (QED) is 0.599. The number of carbonyl (C=O) groups is 2. The molecule has 0 spiro atoms. The highest BCUT2D eigenvalue weighted by Gasteiger charge is 2.24. The monoisotopic (exact) mass is 415 g/mol. The maximum atomic E-state index is 12.7. The fourth-order valence-electron chi connectivity index (χ4n) is 2.88. The Morgan fingerprint density at radius 3 is 2.20 bits per heavy atom. The summed E-state index contributed by atoms with van der Waals surface area (Å²) in [5.41, 5.74) is 1.22. The van der Waals surface area contributed by atoms with Gasteiger partial charge in [0.2, 0.25) is 0 Å². The summed E-state index contributed by atoms with van der Waals surface area (Å²) >= 11 is 0. The number of hydrogen-bond acceptors (Lipinski definition) is 6. The summed E-state index contributed by atoms with van der Waals surface area (Å²) in [4.78, 5) is 25.2. The van der Waals surface area contributed by atoms with E-state index in [0.29, 0.717) is 22.8 Å². The number of nitrogens with one attached hydrogen (secondary N) is 1. The molecule has 30 heavy (non-hydrogen) atoms. The molecule has 7 heteroatoms. The van der Waals surface area contributed by atoms with Crippen LogP contribution >= 0.6 is 0 Å². The SMILES string of the molecule is CCOC(=O)C(Cc1ccc(OC)c(OC)c1)NC(=O)c1ccc(OC(C)C)cc1. The third-order valence-electron chi connectivity index (χ3n) is 4.25. The molecule has 162 valence electrons. The molecule has 0 bridgehead atoms. The number of carbonyl (C=O) groups excluding carboxylic acids is 2. The number of amides is 1. The van der Waals surface area contributed by atoms with E-state index >= 15 is 0 Å². The van der Waals surface area contributed by atoms with Crippen LogP contribution in [0.2, 0.25) is 0 Å². The molecule has 0 aromatic heterocycles. The first-order valence-corrected chi connectivity index (χ1v) is 9.83. The molecule has 0 fully saturated rings. The smallest absolute Gasteiger partial charge is 0.328 e. The van der Waals surface area contributed by atoms with Gasteiger partial charge in [-0.15, -0.1) is 0 Å². The van der Waals surface area contributed by atoms with E-state index in [9.17, 15) is 9.59 Å². The molecule has 2 rings (SSSR count). The van der Waals surface area contributed by atoms with Gasteiger partial charge in [0.05, 0.1) is 26.9 Å². The first-order valence-electron chi connectivity index (χ1n) is 9.83. The Morgan fingerprint density at radius 1 is 0.967 bits per heavy atom. The van der Waals surface area contributed by atoms with Gasteiger partial charge in [0.15, 0.2) is 11.5 Å². The summed E-state index contributed by atoms with van der Waals surface area (Å²) in [5, 5.41) is 2.77. The molecule has 1 N–H and O–H groups in total. The zero-order chi connectivity index (χ0) is 22.1. The molecule has 0 aliphatic carbocycles. The molecule has 0 aliphatic rings. The largest absolute Gasteiger partial charge is 0.493 e. The highest BCUT2D eigenvalue weighted by molar-refractivity contribution is 5.97. The summed E-state index contributed by atoms with van der Waals surface area (Å²) in [6.07, 6.45) is 0.291. The molecule has 0 radical (unpaired) electrons. The topological polar surface area (TPSA) is 83.1 Å². The van der Waals surface area contributed by atoms with Crippen molar-refractivity contribution in [2.75, 3.05) is 20.8 Å². The maximum Gasteiger partial charge on any atom is 0.328 e. The molecule has 2 aromatic rings. The van der Waals surface area contributed by atoms with Crippen molar-refractivity contribution in [3.8, 4) is 17.2 Å². The third kappa shape index (κ3) is 6.40. The van der Waals surface area contributed by atoms with E-state index in [-0.39, 0.29) is 25.0 Å². The van der Waals surface area contributed by atoms with Crippen molar-refractivity contribution >= 4 is 11.9 Å². The normalized spacial score (nSPS) is 11.5. The van der Waals surface area contributed by atoms with Crippen LogP contribution in [-0.2, 0) is 16.0 Å². The van der Waals surface area contributed by atoms with Gasteiger partial charge in [-0.3, -0.25) is 4.79 Å². The van der Waals surface area contributed by atoms with Crippen LogP contribution in [0.25, 0.3) is 0 Å². The molecule has 7 nitrogen and oxygen atoms in total. The number of rotatable bonds is 10. The Balaban J connectivity index is 2.16. The summed E-state index contributed by atoms with van der Waals surface area (Å²) in [6.45, 7) is 5.80. The van der Waals surface area contributed by atoms with E-state index in [2.05, 4.69) is 5.32 Å². The van der Waals surface area contributed by atoms with Crippen molar-refractivity contribution in [3.05, 3.63) is 53.6 Å². The first-order chi connectivity index (χ1) is 14.4. The average molecular weight is 415 g/mol. The van der Waals surface area contributed by atoms with Crippen LogP contribution in [0.3, 0.4) is 0 Å². The van der Waals surface area contributed by atoms with Crippen LogP contribution in [0.1, 0.15) is 36.7 Å². The highest BCUT2D eigenvalue weighted by Crippen LogP contribution is 2.28. The fourth-order valence-corrected chi connectivity index (χ4v) is 2.88. The number of esters is 1. The average Bonchev–Trinajstić information content (AvgIpc) is 2.73. The zero-order valence-electron chi connectivity index (χ0n) is 18.1. The summed E-state index contributed by atoms with van der Waals surface area (Å²) < 4.78 is 21.3. The van der Waals surface area contributed by atoms with Gasteiger partial charge >= 0.3 is 5.97 Å². The van der Waals surface area contributed by atoms with Gasteiger partial charge in [-0.05, 0) is 62.7 Å². The minimum absolute atomic E-state index is 0.0411. The van der Waals surface area contributed by atoms with Gasteiger partial charge in [0.25, 0.3) is 5.91 Å². The predicted molar refractivity (Wildman–Crippen MR) is 113 cm³/mol. The molecule has 0 saturated carbocycles. The van der Waals surface area contributed by atoms with Gasteiger partial charge in [-0.25, -0.2) is 4.79 Å². The minimum atomic E-state index is -0.845. The predicted octanol–water partition coefficient (Wildman–Crippen LogP) is 3.40.